The van der Waals surface area contributed by atoms with E-state index in [2.05, 4.69) is 0 Å². The number of hydrogen-bond acceptors (Lipinski definition) is 5. The van der Waals surface area contributed by atoms with Crippen LogP contribution in [0.4, 0.5) is 8.78 Å². The van der Waals surface area contributed by atoms with Crippen LogP contribution in [0.15, 0.2) is 42.5 Å². The van der Waals surface area contributed by atoms with E-state index in [9.17, 15) is 13.6 Å². The molecule has 1 aliphatic heterocycles. The van der Waals surface area contributed by atoms with Gasteiger partial charge in [-0.3, -0.25) is 0 Å². The molecule has 0 atom stereocenters. The molecule has 3 rings (SSSR count). The minimum absolute atomic E-state index is 0.0798. The van der Waals surface area contributed by atoms with Gasteiger partial charge in [-0.1, -0.05) is 18.2 Å². The molecule has 0 aromatic heterocycles. The van der Waals surface area contributed by atoms with Gasteiger partial charge in [-0.2, -0.15) is 8.78 Å². The van der Waals surface area contributed by atoms with Crippen molar-refractivity contribution in [2.75, 3.05) is 20.3 Å². The number of methoxy groups -OCH3 is 1. The molecule has 0 saturated carbocycles. The van der Waals surface area contributed by atoms with Crippen LogP contribution in [0.3, 0.4) is 0 Å². The van der Waals surface area contributed by atoms with Crippen molar-refractivity contribution in [1.29, 1.82) is 0 Å². The van der Waals surface area contributed by atoms with Crippen molar-refractivity contribution in [3.05, 3.63) is 59.2 Å². The Morgan fingerprint density at radius 3 is 2.44 bits per heavy atom. The highest BCUT2D eigenvalue weighted by molar-refractivity contribution is 5.77. The van der Waals surface area contributed by atoms with Crippen LogP contribution in [0.2, 0.25) is 0 Å². The zero-order valence-corrected chi connectivity index (χ0v) is 14.5. The number of aliphatic carboxylic acids is 1. The number of carboxylic acid groups (broad SMARTS) is 1. The van der Waals surface area contributed by atoms with Crippen molar-refractivity contribution in [2.24, 2.45) is 0 Å². The van der Waals surface area contributed by atoms with Gasteiger partial charge >= 0.3 is 11.9 Å². The first-order valence-corrected chi connectivity index (χ1v) is 8.16. The Labute approximate surface area is 154 Å². The average Bonchev–Trinajstić information content (AvgIpc) is 3.21. The molecule has 0 aliphatic carbocycles. The third-order valence-corrected chi connectivity index (χ3v) is 4.07. The molecule has 144 valence electrons. The fourth-order valence-corrected chi connectivity index (χ4v) is 2.59. The van der Waals surface area contributed by atoms with Crippen LogP contribution in [-0.4, -0.2) is 31.4 Å². The maximum atomic E-state index is 13.9. The van der Waals surface area contributed by atoms with Gasteiger partial charge in [0.2, 0.25) is 0 Å². The van der Waals surface area contributed by atoms with E-state index in [4.69, 9.17) is 24.1 Å². The Morgan fingerprint density at radius 1 is 1.19 bits per heavy atom. The van der Waals surface area contributed by atoms with E-state index in [1.807, 2.05) is 0 Å². The highest BCUT2D eigenvalue weighted by Gasteiger charge is 2.42. The topological polar surface area (TPSA) is 74.2 Å². The number of benzene rings is 2. The van der Waals surface area contributed by atoms with Crippen molar-refractivity contribution in [1.82, 2.24) is 0 Å². The van der Waals surface area contributed by atoms with E-state index in [1.54, 1.807) is 31.4 Å². The molecule has 0 unspecified atom stereocenters. The molecule has 0 radical (unpaired) electrons. The number of carboxylic acids is 1. The lowest BCUT2D eigenvalue weighted by Crippen LogP contribution is -2.25. The molecule has 27 heavy (non-hydrogen) atoms. The van der Waals surface area contributed by atoms with E-state index in [1.165, 1.54) is 6.07 Å². The predicted molar refractivity (Wildman–Crippen MR) is 89.9 cm³/mol. The SMILES string of the molecule is COc1ccc(COc2cc(C(F)(F)C(=O)O)ccc2C2OCCO2)cc1. The Morgan fingerprint density at radius 2 is 1.85 bits per heavy atom. The molecule has 6 nitrogen and oxygen atoms in total. The molecule has 0 spiro atoms. The van der Waals surface area contributed by atoms with Gasteiger partial charge in [0.15, 0.2) is 6.29 Å². The smallest absolute Gasteiger partial charge is 0.379 e. The molecule has 1 N–H and O–H groups in total. The Kier molecular flexibility index (Phi) is 5.57. The monoisotopic (exact) mass is 380 g/mol. The number of carbonyl (C=O) groups is 1. The maximum Gasteiger partial charge on any atom is 0.379 e. The summed E-state index contributed by atoms with van der Waals surface area (Å²) >= 11 is 0. The second kappa shape index (κ2) is 7.89. The number of ether oxygens (including phenoxy) is 4. The van der Waals surface area contributed by atoms with Crippen molar-refractivity contribution in [2.45, 2.75) is 18.8 Å². The third-order valence-electron chi connectivity index (χ3n) is 4.07. The minimum atomic E-state index is -4.03. The Balaban J connectivity index is 1.87. The van der Waals surface area contributed by atoms with Gasteiger partial charge in [-0.25, -0.2) is 4.79 Å². The zero-order chi connectivity index (χ0) is 19.4. The van der Waals surface area contributed by atoms with Gasteiger partial charge < -0.3 is 24.1 Å². The number of rotatable bonds is 7. The fourth-order valence-electron chi connectivity index (χ4n) is 2.59. The van der Waals surface area contributed by atoms with E-state index in [0.29, 0.717) is 24.5 Å². The van der Waals surface area contributed by atoms with Crippen LogP contribution in [0.1, 0.15) is 23.0 Å². The number of halogens is 2. The molecule has 2 aromatic carbocycles. The quantitative estimate of drug-likeness (QED) is 0.793. The molecule has 0 amide bonds. The van der Waals surface area contributed by atoms with Gasteiger partial charge in [0.25, 0.3) is 0 Å². The highest BCUT2D eigenvalue weighted by atomic mass is 19.3. The van der Waals surface area contributed by atoms with Crippen LogP contribution in [0.5, 0.6) is 11.5 Å². The van der Waals surface area contributed by atoms with Gasteiger partial charge in [-0.05, 0) is 29.8 Å². The zero-order valence-electron chi connectivity index (χ0n) is 14.5. The average molecular weight is 380 g/mol. The minimum Gasteiger partial charge on any atom is -0.497 e. The summed E-state index contributed by atoms with van der Waals surface area (Å²) in [6.45, 7) is 0.830. The molecular formula is C19H18F2O6. The summed E-state index contributed by atoms with van der Waals surface area (Å²) in [5.41, 5.74) is 0.526. The van der Waals surface area contributed by atoms with Crippen LogP contribution >= 0.6 is 0 Å². The van der Waals surface area contributed by atoms with Crippen LogP contribution in [0, 0.1) is 0 Å². The molecule has 0 bridgehead atoms. The predicted octanol–water partition coefficient (Wildman–Crippen LogP) is 3.50. The lowest BCUT2D eigenvalue weighted by Gasteiger charge is -2.19. The Hall–Kier alpha value is -2.71. The summed E-state index contributed by atoms with van der Waals surface area (Å²) in [4.78, 5) is 10.9. The standard InChI is InChI=1S/C19H18F2O6/c1-24-14-5-2-12(3-6-14)11-27-16-10-13(19(20,21)18(22)23)4-7-15(16)17-25-8-9-26-17/h2-7,10,17H,8-9,11H2,1H3,(H,22,23). The van der Waals surface area contributed by atoms with Crippen molar-refractivity contribution in [3.63, 3.8) is 0 Å². The van der Waals surface area contributed by atoms with Gasteiger partial charge in [0, 0.05) is 11.1 Å². The lowest BCUT2D eigenvalue weighted by molar-refractivity contribution is -0.166. The summed E-state index contributed by atoms with van der Waals surface area (Å²) in [5.74, 6) is -5.51. The molecule has 8 heteroatoms. The summed E-state index contributed by atoms with van der Waals surface area (Å²) in [6.07, 6.45) is -0.747. The molecule has 1 aliphatic rings. The van der Waals surface area contributed by atoms with Crippen molar-refractivity contribution >= 4 is 5.97 Å². The summed E-state index contributed by atoms with van der Waals surface area (Å²) in [7, 11) is 1.55. The fraction of sp³-hybridized carbons (Fsp3) is 0.316. The third kappa shape index (κ3) is 4.17. The van der Waals surface area contributed by atoms with Crippen molar-refractivity contribution in [3.8, 4) is 11.5 Å². The van der Waals surface area contributed by atoms with Gasteiger partial charge in [-0.15, -0.1) is 0 Å². The first-order chi connectivity index (χ1) is 12.9. The number of alkyl halides is 2. The summed E-state index contributed by atoms with van der Waals surface area (Å²) in [5, 5.41) is 8.77. The normalized spacial score (nSPS) is 14.9. The molecule has 1 saturated heterocycles. The Bertz CT molecular complexity index is 800. The first kappa shape index (κ1) is 19.1. The second-order valence-corrected chi connectivity index (χ2v) is 5.84. The second-order valence-electron chi connectivity index (χ2n) is 5.84. The summed E-state index contributed by atoms with van der Waals surface area (Å²) in [6, 6.07) is 10.4. The molecule has 2 aromatic rings. The molecular weight excluding hydrogens is 362 g/mol. The molecule has 1 fully saturated rings. The highest BCUT2D eigenvalue weighted by Crippen LogP contribution is 2.37. The largest absolute Gasteiger partial charge is 0.497 e. The maximum absolute atomic E-state index is 13.9. The van der Waals surface area contributed by atoms with Crippen molar-refractivity contribution < 1.29 is 37.6 Å². The first-order valence-electron chi connectivity index (χ1n) is 8.16. The summed E-state index contributed by atoms with van der Waals surface area (Å²) < 4.78 is 49.4. The van der Waals surface area contributed by atoms with E-state index in [-0.39, 0.29) is 12.4 Å². The van der Waals surface area contributed by atoms with E-state index in [0.717, 1.165) is 17.7 Å². The van der Waals surface area contributed by atoms with Crippen LogP contribution < -0.4 is 9.47 Å². The van der Waals surface area contributed by atoms with Gasteiger partial charge in [0.1, 0.15) is 18.1 Å². The van der Waals surface area contributed by atoms with E-state index < -0.39 is 23.7 Å². The molecule has 1 heterocycles. The number of hydrogen-bond donors (Lipinski definition) is 1. The van der Waals surface area contributed by atoms with Crippen LogP contribution in [0.25, 0.3) is 0 Å². The lowest BCUT2D eigenvalue weighted by atomic mass is 10.0. The van der Waals surface area contributed by atoms with Gasteiger partial charge in [0.05, 0.1) is 20.3 Å². The van der Waals surface area contributed by atoms with Crippen LogP contribution in [-0.2, 0) is 26.8 Å². The van der Waals surface area contributed by atoms with E-state index >= 15 is 0 Å².